The number of hydrogen-bond acceptors (Lipinski definition) is 3. The average molecular weight is 294 g/mol. The number of nitriles is 1. The molecule has 0 radical (unpaired) electrons. The van der Waals surface area contributed by atoms with Gasteiger partial charge in [0.15, 0.2) is 0 Å². The number of thioether (sulfide) groups is 1. The third kappa shape index (κ3) is 6.40. The van der Waals surface area contributed by atoms with E-state index in [2.05, 4.69) is 18.3 Å². The molecular weight excluding hydrogens is 271 g/mol. The zero-order valence-electron chi connectivity index (χ0n) is 12.3. The average Bonchev–Trinajstić information content (AvgIpc) is 2.45. The van der Waals surface area contributed by atoms with Gasteiger partial charge in [-0.1, -0.05) is 13.0 Å². The minimum Gasteiger partial charge on any atom is -0.300 e. The largest absolute Gasteiger partial charge is 0.300 e. The molecule has 1 aromatic rings. The van der Waals surface area contributed by atoms with Crippen LogP contribution >= 0.6 is 11.8 Å². The van der Waals surface area contributed by atoms with Crippen LogP contribution in [0.1, 0.15) is 39.5 Å². The van der Waals surface area contributed by atoms with Crippen LogP contribution in [0.5, 0.6) is 0 Å². The molecule has 0 heterocycles. The molecule has 0 fully saturated rings. The SMILES string of the molecule is CCCNC(C)(C#N)CCCCSc1cccc(F)c1. The minimum atomic E-state index is -0.417. The third-order valence-corrected chi connectivity index (χ3v) is 4.23. The van der Waals surface area contributed by atoms with Crippen LogP contribution in [0.25, 0.3) is 0 Å². The van der Waals surface area contributed by atoms with Crippen LogP contribution in [0.2, 0.25) is 0 Å². The van der Waals surface area contributed by atoms with Crippen LogP contribution in [0, 0.1) is 17.1 Å². The fourth-order valence-electron chi connectivity index (χ4n) is 1.91. The summed E-state index contributed by atoms with van der Waals surface area (Å²) in [4.78, 5) is 0.970. The Kier molecular flexibility index (Phi) is 7.64. The zero-order chi connectivity index (χ0) is 14.8. The lowest BCUT2D eigenvalue weighted by Crippen LogP contribution is -2.41. The van der Waals surface area contributed by atoms with Gasteiger partial charge in [-0.15, -0.1) is 11.8 Å². The lowest BCUT2D eigenvalue weighted by atomic mass is 9.96. The second-order valence-electron chi connectivity index (χ2n) is 5.13. The predicted octanol–water partition coefficient (Wildman–Crippen LogP) is 4.37. The predicted molar refractivity (Wildman–Crippen MR) is 83.3 cm³/mol. The molecule has 0 bridgehead atoms. The van der Waals surface area contributed by atoms with Crippen molar-refractivity contribution in [2.75, 3.05) is 12.3 Å². The van der Waals surface area contributed by atoms with Crippen molar-refractivity contribution in [2.24, 2.45) is 0 Å². The summed E-state index contributed by atoms with van der Waals surface area (Å²) in [5.74, 6) is 0.773. The highest BCUT2D eigenvalue weighted by Crippen LogP contribution is 2.21. The number of nitrogens with zero attached hydrogens (tertiary/aromatic N) is 1. The molecule has 0 aliphatic heterocycles. The highest BCUT2D eigenvalue weighted by molar-refractivity contribution is 7.99. The molecule has 110 valence electrons. The molecule has 20 heavy (non-hydrogen) atoms. The molecule has 1 unspecified atom stereocenters. The molecule has 0 amide bonds. The van der Waals surface area contributed by atoms with E-state index in [1.807, 2.05) is 13.0 Å². The summed E-state index contributed by atoms with van der Waals surface area (Å²) in [5.41, 5.74) is -0.417. The van der Waals surface area contributed by atoms with Crippen LogP contribution < -0.4 is 5.32 Å². The molecule has 1 atom stereocenters. The van der Waals surface area contributed by atoms with Gasteiger partial charge in [-0.3, -0.25) is 5.32 Å². The summed E-state index contributed by atoms with van der Waals surface area (Å²) in [7, 11) is 0. The standard InChI is InChI=1S/C16H23FN2S/c1-3-10-19-16(2,13-18)9-4-5-11-20-15-8-6-7-14(17)12-15/h6-8,12,19H,3-5,9-11H2,1-2H3. The zero-order valence-corrected chi connectivity index (χ0v) is 13.1. The Labute approximate surface area is 125 Å². The topological polar surface area (TPSA) is 35.8 Å². The summed E-state index contributed by atoms with van der Waals surface area (Å²) in [6, 6.07) is 9.05. The van der Waals surface area contributed by atoms with Crippen LogP contribution in [0.3, 0.4) is 0 Å². The summed E-state index contributed by atoms with van der Waals surface area (Å²) in [5, 5.41) is 12.5. The molecule has 0 aliphatic rings. The molecule has 0 aliphatic carbocycles. The van der Waals surface area contributed by atoms with Gasteiger partial charge < -0.3 is 0 Å². The van der Waals surface area contributed by atoms with Crippen molar-refractivity contribution >= 4 is 11.8 Å². The van der Waals surface area contributed by atoms with Gasteiger partial charge in [0, 0.05) is 4.90 Å². The van der Waals surface area contributed by atoms with Crippen molar-refractivity contribution < 1.29 is 4.39 Å². The van der Waals surface area contributed by atoms with Gasteiger partial charge in [0.25, 0.3) is 0 Å². The maximum atomic E-state index is 13.0. The monoisotopic (exact) mass is 294 g/mol. The minimum absolute atomic E-state index is 0.184. The first-order chi connectivity index (χ1) is 9.59. The Hall–Kier alpha value is -1.05. The molecule has 2 nitrogen and oxygen atoms in total. The van der Waals surface area contributed by atoms with E-state index in [0.29, 0.717) is 0 Å². The fraction of sp³-hybridized carbons (Fsp3) is 0.562. The quantitative estimate of drug-likeness (QED) is 0.542. The molecule has 0 saturated carbocycles. The number of unbranched alkanes of at least 4 members (excludes halogenated alkanes) is 1. The first-order valence-electron chi connectivity index (χ1n) is 7.14. The maximum absolute atomic E-state index is 13.0. The van der Waals surface area contributed by atoms with Crippen molar-refractivity contribution in [1.29, 1.82) is 5.26 Å². The summed E-state index contributed by atoms with van der Waals surface area (Å²) < 4.78 is 13.0. The highest BCUT2D eigenvalue weighted by atomic mass is 32.2. The Morgan fingerprint density at radius 2 is 2.20 bits per heavy atom. The van der Waals surface area contributed by atoms with Gasteiger partial charge >= 0.3 is 0 Å². The summed E-state index contributed by atoms with van der Waals surface area (Å²) in [6.45, 7) is 4.94. The van der Waals surface area contributed by atoms with E-state index in [-0.39, 0.29) is 5.82 Å². The normalized spacial score (nSPS) is 13.7. The van der Waals surface area contributed by atoms with Crippen LogP contribution in [-0.2, 0) is 0 Å². The first kappa shape index (κ1) is 17.0. The van der Waals surface area contributed by atoms with Crippen molar-refractivity contribution in [2.45, 2.75) is 50.0 Å². The number of hydrogen-bond donors (Lipinski definition) is 1. The summed E-state index contributed by atoms with van der Waals surface area (Å²) >= 11 is 1.67. The smallest absolute Gasteiger partial charge is 0.124 e. The highest BCUT2D eigenvalue weighted by Gasteiger charge is 2.21. The molecule has 0 aromatic heterocycles. The van der Waals surface area contributed by atoms with E-state index in [9.17, 15) is 9.65 Å². The van der Waals surface area contributed by atoms with E-state index < -0.39 is 5.54 Å². The van der Waals surface area contributed by atoms with Gasteiger partial charge in [0.05, 0.1) is 6.07 Å². The van der Waals surface area contributed by atoms with Gasteiger partial charge in [0.1, 0.15) is 11.4 Å². The number of benzene rings is 1. The Balaban J connectivity index is 2.22. The van der Waals surface area contributed by atoms with Gasteiger partial charge in [-0.2, -0.15) is 5.26 Å². The van der Waals surface area contributed by atoms with E-state index in [0.717, 1.165) is 42.9 Å². The lowest BCUT2D eigenvalue weighted by Gasteiger charge is -2.22. The lowest BCUT2D eigenvalue weighted by molar-refractivity contribution is 0.406. The Morgan fingerprint density at radius 1 is 1.40 bits per heavy atom. The maximum Gasteiger partial charge on any atom is 0.124 e. The van der Waals surface area contributed by atoms with Crippen molar-refractivity contribution in [1.82, 2.24) is 5.32 Å². The van der Waals surface area contributed by atoms with Crippen LogP contribution in [-0.4, -0.2) is 17.8 Å². The molecule has 0 spiro atoms. The van der Waals surface area contributed by atoms with E-state index >= 15 is 0 Å². The van der Waals surface area contributed by atoms with Crippen molar-refractivity contribution in [3.05, 3.63) is 30.1 Å². The van der Waals surface area contributed by atoms with E-state index in [1.54, 1.807) is 23.9 Å². The number of nitrogens with one attached hydrogen (secondary N) is 1. The van der Waals surface area contributed by atoms with Crippen molar-refractivity contribution in [3.63, 3.8) is 0 Å². The van der Waals surface area contributed by atoms with E-state index in [4.69, 9.17) is 0 Å². The van der Waals surface area contributed by atoms with Gasteiger partial charge in [-0.05, 0) is 63.1 Å². The van der Waals surface area contributed by atoms with E-state index in [1.165, 1.54) is 6.07 Å². The molecule has 1 N–H and O–H groups in total. The second-order valence-corrected chi connectivity index (χ2v) is 6.30. The number of rotatable bonds is 9. The van der Waals surface area contributed by atoms with Crippen LogP contribution in [0.4, 0.5) is 4.39 Å². The van der Waals surface area contributed by atoms with Gasteiger partial charge in [0.2, 0.25) is 0 Å². The second kappa shape index (κ2) is 8.99. The number of halogens is 1. The van der Waals surface area contributed by atoms with Crippen LogP contribution in [0.15, 0.2) is 29.2 Å². The molecule has 1 rings (SSSR count). The molecule has 1 aromatic carbocycles. The van der Waals surface area contributed by atoms with Gasteiger partial charge in [-0.25, -0.2) is 4.39 Å². The Bertz CT molecular complexity index is 444. The third-order valence-electron chi connectivity index (χ3n) is 3.15. The molecule has 0 saturated heterocycles. The Morgan fingerprint density at radius 3 is 2.85 bits per heavy atom. The fourth-order valence-corrected chi connectivity index (χ4v) is 2.87. The molecular formula is C16H23FN2S. The summed E-state index contributed by atoms with van der Waals surface area (Å²) in [6.07, 6.45) is 3.93. The van der Waals surface area contributed by atoms with Crippen molar-refractivity contribution in [3.8, 4) is 6.07 Å². The first-order valence-corrected chi connectivity index (χ1v) is 8.13. The molecule has 4 heteroatoms.